The molecule has 0 spiro atoms. The molecule has 0 saturated heterocycles. The van der Waals surface area contributed by atoms with E-state index in [9.17, 15) is 0 Å². The molecule has 0 bridgehead atoms. The molecule has 0 aromatic heterocycles. The average molecular weight is 187 g/mol. The van der Waals surface area contributed by atoms with Crippen molar-refractivity contribution in [1.82, 2.24) is 5.32 Å². The summed E-state index contributed by atoms with van der Waals surface area (Å²) in [5.74, 6) is 0. The van der Waals surface area contributed by atoms with Crippen LogP contribution in [0.15, 0.2) is 0 Å². The predicted molar refractivity (Wildman–Crippen MR) is 32.7 cm³/mol. The normalized spacial score (nSPS) is 8.25. The van der Waals surface area contributed by atoms with Crippen LogP contribution >= 0.6 is 0 Å². The van der Waals surface area contributed by atoms with Crippen molar-refractivity contribution in [2.24, 2.45) is 0 Å². The molecule has 0 aromatic rings. The summed E-state index contributed by atoms with van der Waals surface area (Å²) < 4.78 is 0. The molecule has 0 rings (SSSR count). The number of nitrogens with one attached hydrogen (secondary N) is 1. The van der Waals surface area contributed by atoms with Crippen LogP contribution in [0, 0.1) is 0 Å². The predicted octanol–water partition coefficient (Wildman–Crippen LogP) is -2.40. The third-order valence-electron chi connectivity index (χ3n) is 0.762. The van der Waals surface area contributed by atoms with E-state index in [2.05, 4.69) is 17.6 Å². The second-order valence-corrected chi connectivity index (χ2v) is 1.39. The molecular formula is C5H13N2Rb. The number of hydrogen-bond acceptors (Lipinski definition) is 1. The number of hydrogen-bond donors (Lipinski definition) is 1. The van der Waals surface area contributed by atoms with Crippen LogP contribution in [-0.2, 0) is 0 Å². The van der Waals surface area contributed by atoms with Gasteiger partial charge in [0.15, 0.2) is 0 Å². The minimum Gasteiger partial charge on any atom is -0.664 e. The van der Waals surface area contributed by atoms with Crippen LogP contribution in [0.1, 0.15) is 6.92 Å². The van der Waals surface area contributed by atoms with Gasteiger partial charge in [0.05, 0.1) is 0 Å². The van der Waals surface area contributed by atoms with Crippen LogP contribution in [0.5, 0.6) is 0 Å². The van der Waals surface area contributed by atoms with Crippen molar-refractivity contribution in [1.29, 1.82) is 0 Å². The van der Waals surface area contributed by atoms with Gasteiger partial charge in [0.2, 0.25) is 0 Å². The molecule has 1 N–H and O–H groups in total. The van der Waals surface area contributed by atoms with Gasteiger partial charge in [-0.2, -0.15) is 7.05 Å². The molecule has 0 amide bonds. The Hall–Kier alpha value is 1.73. The summed E-state index contributed by atoms with van der Waals surface area (Å²) in [7, 11) is 1.83. The van der Waals surface area contributed by atoms with Crippen molar-refractivity contribution in [2.75, 3.05) is 26.7 Å². The Kier molecular flexibility index (Phi) is 17.9. The fraction of sp³-hybridized carbons (Fsp3) is 1.00. The first-order chi connectivity index (χ1) is 3.41. The van der Waals surface area contributed by atoms with Gasteiger partial charge in [-0.3, -0.25) is 0 Å². The second-order valence-electron chi connectivity index (χ2n) is 1.39. The second kappa shape index (κ2) is 11.5. The molecule has 0 radical (unpaired) electrons. The first-order valence-electron chi connectivity index (χ1n) is 2.68. The zero-order chi connectivity index (χ0) is 5.54. The zero-order valence-corrected chi connectivity index (χ0v) is 11.0. The van der Waals surface area contributed by atoms with Gasteiger partial charge >= 0.3 is 58.2 Å². The minimum absolute atomic E-state index is 0. The van der Waals surface area contributed by atoms with Crippen molar-refractivity contribution < 1.29 is 58.2 Å². The summed E-state index contributed by atoms with van der Waals surface area (Å²) in [6.45, 7) is 5.10. The van der Waals surface area contributed by atoms with E-state index in [1.165, 1.54) is 0 Å². The molecular weight excluding hydrogens is 174 g/mol. The summed E-state index contributed by atoms with van der Waals surface area (Å²) in [6.07, 6.45) is 0. The van der Waals surface area contributed by atoms with Crippen molar-refractivity contribution >= 4 is 0 Å². The van der Waals surface area contributed by atoms with Crippen LogP contribution in [-0.4, -0.2) is 26.7 Å². The van der Waals surface area contributed by atoms with Gasteiger partial charge in [-0.15, -0.1) is 6.54 Å². The Morgan fingerprint density at radius 1 is 1.50 bits per heavy atom. The summed E-state index contributed by atoms with van der Waals surface area (Å²) in [4.78, 5) is 0. The maximum absolute atomic E-state index is 3.91. The van der Waals surface area contributed by atoms with E-state index < -0.39 is 0 Å². The van der Waals surface area contributed by atoms with Crippen molar-refractivity contribution in [2.45, 2.75) is 6.92 Å². The Morgan fingerprint density at radius 3 is 2.50 bits per heavy atom. The van der Waals surface area contributed by atoms with Crippen molar-refractivity contribution in [3.8, 4) is 0 Å². The van der Waals surface area contributed by atoms with Gasteiger partial charge in [-0.25, -0.2) is 0 Å². The van der Waals surface area contributed by atoms with Crippen molar-refractivity contribution in [3.05, 3.63) is 5.32 Å². The van der Waals surface area contributed by atoms with E-state index in [1.54, 1.807) is 0 Å². The summed E-state index contributed by atoms with van der Waals surface area (Å²) in [6, 6.07) is 0. The molecule has 0 heterocycles. The van der Waals surface area contributed by atoms with Gasteiger partial charge in [-0.05, 0) is 13.1 Å². The number of nitrogens with zero attached hydrogens (tertiary/aromatic N) is 1. The van der Waals surface area contributed by atoms with Gasteiger partial charge in [-0.1, -0.05) is 6.92 Å². The van der Waals surface area contributed by atoms with E-state index in [0.29, 0.717) is 0 Å². The van der Waals surface area contributed by atoms with Crippen LogP contribution < -0.4 is 63.5 Å². The third-order valence-corrected chi connectivity index (χ3v) is 0.762. The SMILES string of the molecule is CCNCC[N-]C.[Rb+]. The molecule has 2 nitrogen and oxygen atoms in total. The molecule has 0 aliphatic carbocycles. The molecule has 0 atom stereocenters. The number of rotatable bonds is 4. The maximum Gasteiger partial charge on any atom is 1.00 e. The van der Waals surface area contributed by atoms with Crippen LogP contribution in [0.4, 0.5) is 0 Å². The first kappa shape index (κ1) is 12.4. The standard InChI is InChI=1S/C5H13N2.Rb/c1-3-7-5-4-6-2;/h7H,3-5H2,1-2H3;/q-1;+1. The van der Waals surface area contributed by atoms with E-state index in [4.69, 9.17) is 0 Å². The Morgan fingerprint density at radius 2 is 2.12 bits per heavy atom. The van der Waals surface area contributed by atoms with Crippen LogP contribution in [0.25, 0.3) is 5.32 Å². The van der Waals surface area contributed by atoms with Gasteiger partial charge < -0.3 is 10.6 Å². The molecule has 8 heavy (non-hydrogen) atoms. The third kappa shape index (κ3) is 10.7. The molecule has 0 saturated carbocycles. The maximum atomic E-state index is 3.91. The van der Waals surface area contributed by atoms with E-state index in [-0.39, 0.29) is 58.2 Å². The van der Waals surface area contributed by atoms with Crippen LogP contribution in [0.3, 0.4) is 0 Å². The van der Waals surface area contributed by atoms with Gasteiger partial charge in [0, 0.05) is 0 Å². The van der Waals surface area contributed by atoms with Crippen molar-refractivity contribution in [3.63, 3.8) is 0 Å². The van der Waals surface area contributed by atoms with Gasteiger partial charge in [0.1, 0.15) is 0 Å². The molecule has 0 aliphatic heterocycles. The fourth-order valence-electron chi connectivity index (χ4n) is 0.368. The molecule has 0 fully saturated rings. The van der Waals surface area contributed by atoms with E-state index >= 15 is 0 Å². The molecule has 0 aromatic carbocycles. The zero-order valence-electron chi connectivity index (χ0n) is 6.07. The molecule has 0 unspecified atom stereocenters. The van der Waals surface area contributed by atoms with Crippen LogP contribution in [0.2, 0.25) is 0 Å². The fourth-order valence-corrected chi connectivity index (χ4v) is 0.368. The van der Waals surface area contributed by atoms with Gasteiger partial charge in [0.25, 0.3) is 0 Å². The Bertz CT molecular complexity index is 29.6. The largest absolute Gasteiger partial charge is 1.00 e. The van der Waals surface area contributed by atoms with E-state index in [1.807, 2.05) is 7.05 Å². The molecule has 3 heteroatoms. The molecule has 0 aliphatic rings. The summed E-state index contributed by atoms with van der Waals surface area (Å²) in [5, 5.41) is 7.07. The minimum atomic E-state index is 0. The topological polar surface area (TPSA) is 26.1 Å². The monoisotopic (exact) mass is 186 g/mol. The first-order valence-corrected chi connectivity index (χ1v) is 2.68. The average Bonchev–Trinajstić information content (AvgIpc) is 1.69. The Labute approximate surface area is 101 Å². The summed E-state index contributed by atoms with van der Waals surface area (Å²) in [5.41, 5.74) is 0. The number of likely N-dealkylation sites (N-methyl/N-ethyl adjacent to an activating group) is 2. The Balaban J connectivity index is 0. The van der Waals surface area contributed by atoms with E-state index in [0.717, 1.165) is 19.6 Å². The molecule has 44 valence electrons. The quantitative estimate of drug-likeness (QED) is 0.487. The smallest absolute Gasteiger partial charge is 0.664 e. The summed E-state index contributed by atoms with van der Waals surface area (Å²) >= 11 is 0.